The van der Waals surface area contributed by atoms with Gasteiger partial charge in [-0.15, -0.1) is 0 Å². The van der Waals surface area contributed by atoms with Crippen LogP contribution >= 0.6 is 11.9 Å². The van der Waals surface area contributed by atoms with E-state index in [1.54, 1.807) is 41.0 Å². The molecule has 0 saturated heterocycles. The van der Waals surface area contributed by atoms with Gasteiger partial charge in [0.2, 0.25) is 0 Å². The maximum atomic E-state index is 11.9. The predicted molar refractivity (Wildman–Crippen MR) is 119 cm³/mol. The van der Waals surface area contributed by atoms with E-state index in [1.165, 1.54) is 11.9 Å². The van der Waals surface area contributed by atoms with E-state index < -0.39 is 11.0 Å². The fourth-order valence-electron chi connectivity index (χ4n) is 2.39. The van der Waals surface area contributed by atoms with Crippen LogP contribution in [0.3, 0.4) is 0 Å². The summed E-state index contributed by atoms with van der Waals surface area (Å²) in [6.07, 6.45) is 11.9. The Balaban J connectivity index is 0.00000136. The van der Waals surface area contributed by atoms with E-state index in [0.717, 1.165) is 16.9 Å². The summed E-state index contributed by atoms with van der Waals surface area (Å²) in [5, 5.41) is 0. The average molecular weight is 417 g/mol. The number of hydrogen-bond acceptors (Lipinski definition) is 7. The third-order valence-electron chi connectivity index (χ3n) is 3.65. The molecule has 3 heterocycles. The molecule has 3 rings (SSSR count). The Labute approximate surface area is 173 Å². The van der Waals surface area contributed by atoms with Gasteiger partial charge < -0.3 is 4.90 Å². The van der Waals surface area contributed by atoms with Crippen molar-refractivity contribution in [1.82, 2.24) is 19.9 Å². The van der Waals surface area contributed by atoms with Gasteiger partial charge in [0.05, 0.1) is 6.20 Å². The molecule has 0 radical (unpaired) electrons. The standard InChI is InChI=1S/C17H18N6OS2.C2H6/c1-22(17-12-18-8-9-21-17)15-10-13(4-6-19-15)14-5-7-20-16(11-14)23(25-2)26(3)24;1-2/h4-12H,1-3H3;1-2H3. The zero-order valence-corrected chi connectivity index (χ0v) is 18.2. The highest BCUT2D eigenvalue weighted by Crippen LogP contribution is 2.28. The molecule has 3 aromatic heterocycles. The second-order valence-electron chi connectivity index (χ2n) is 5.29. The maximum Gasteiger partial charge on any atom is 0.152 e. The summed E-state index contributed by atoms with van der Waals surface area (Å²) in [6, 6.07) is 7.74. The number of aromatic nitrogens is 4. The first-order valence-corrected chi connectivity index (χ1v) is 11.4. The van der Waals surface area contributed by atoms with Crippen molar-refractivity contribution < 1.29 is 4.21 Å². The Hall–Kier alpha value is -2.52. The molecule has 0 fully saturated rings. The Kier molecular flexibility index (Phi) is 8.34. The molecule has 0 spiro atoms. The van der Waals surface area contributed by atoms with Gasteiger partial charge in [0.15, 0.2) is 11.6 Å². The van der Waals surface area contributed by atoms with Crippen molar-refractivity contribution in [1.29, 1.82) is 0 Å². The molecule has 0 aromatic carbocycles. The highest BCUT2D eigenvalue weighted by atomic mass is 32.2. The number of rotatable bonds is 6. The molecule has 0 amide bonds. The van der Waals surface area contributed by atoms with E-state index in [2.05, 4.69) is 19.9 Å². The second-order valence-corrected chi connectivity index (χ2v) is 7.47. The zero-order valence-electron chi connectivity index (χ0n) is 16.6. The molecule has 0 N–H and O–H groups in total. The molecule has 1 unspecified atom stereocenters. The van der Waals surface area contributed by atoms with Gasteiger partial charge in [-0.25, -0.2) is 22.9 Å². The molecule has 0 saturated carbocycles. The van der Waals surface area contributed by atoms with E-state index in [9.17, 15) is 4.21 Å². The van der Waals surface area contributed by atoms with Gasteiger partial charge in [-0.05, 0) is 47.3 Å². The molecular formula is C19H24N6OS2. The minimum absolute atomic E-state index is 0.650. The summed E-state index contributed by atoms with van der Waals surface area (Å²) in [4.78, 5) is 19.0. The maximum absolute atomic E-state index is 11.9. The topological polar surface area (TPSA) is 75.1 Å². The first-order valence-electron chi connectivity index (χ1n) is 8.70. The average Bonchev–Trinajstić information content (AvgIpc) is 2.76. The Bertz CT molecular complexity index is 910. The lowest BCUT2D eigenvalue weighted by Crippen LogP contribution is -2.16. The molecule has 7 nitrogen and oxygen atoms in total. The minimum Gasteiger partial charge on any atom is -0.313 e. The van der Waals surface area contributed by atoms with Crippen LogP contribution in [0.25, 0.3) is 11.1 Å². The summed E-state index contributed by atoms with van der Waals surface area (Å²) in [7, 11) is 0.735. The molecule has 3 aromatic rings. The Morgan fingerprint density at radius 1 is 0.893 bits per heavy atom. The summed E-state index contributed by atoms with van der Waals surface area (Å²) < 4.78 is 13.5. The van der Waals surface area contributed by atoms with Gasteiger partial charge in [0, 0.05) is 44.3 Å². The molecule has 1 atom stereocenters. The fourth-order valence-corrected chi connectivity index (χ4v) is 3.88. The number of hydrogen-bond donors (Lipinski definition) is 0. The van der Waals surface area contributed by atoms with Crippen LogP contribution in [0.4, 0.5) is 17.5 Å². The molecular weight excluding hydrogens is 392 g/mol. The minimum atomic E-state index is -1.16. The first-order chi connectivity index (χ1) is 13.6. The number of anilines is 3. The third-order valence-corrected chi connectivity index (χ3v) is 5.90. The third kappa shape index (κ3) is 5.26. The van der Waals surface area contributed by atoms with E-state index in [0.29, 0.717) is 11.6 Å². The summed E-state index contributed by atoms with van der Waals surface area (Å²) in [5.74, 6) is 2.11. The first kappa shape index (κ1) is 21.8. The van der Waals surface area contributed by atoms with Gasteiger partial charge >= 0.3 is 0 Å². The molecule has 148 valence electrons. The Morgan fingerprint density at radius 2 is 1.46 bits per heavy atom. The SMILES string of the molecule is CC.CSN(c1cc(-c2ccnc(N(C)c3cnccn3)c2)ccn1)S(C)=O. The van der Waals surface area contributed by atoms with Crippen LogP contribution in [0.5, 0.6) is 0 Å². The summed E-state index contributed by atoms with van der Waals surface area (Å²) in [6.45, 7) is 4.00. The van der Waals surface area contributed by atoms with E-state index in [4.69, 9.17) is 0 Å². The lowest BCUT2D eigenvalue weighted by molar-refractivity contribution is 0.688. The summed E-state index contributed by atoms with van der Waals surface area (Å²) in [5.41, 5.74) is 1.95. The fraction of sp³-hybridized carbons (Fsp3) is 0.263. The van der Waals surface area contributed by atoms with Crippen molar-refractivity contribution in [2.24, 2.45) is 0 Å². The number of nitrogens with zero attached hydrogens (tertiary/aromatic N) is 6. The van der Waals surface area contributed by atoms with Crippen LogP contribution in [0.15, 0.2) is 55.2 Å². The molecule has 0 aliphatic heterocycles. The van der Waals surface area contributed by atoms with Gasteiger partial charge in [-0.2, -0.15) is 0 Å². The van der Waals surface area contributed by atoms with Gasteiger partial charge in [-0.1, -0.05) is 13.8 Å². The van der Waals surface area contributed by atoms with E-state index in [-0.39, 0.29) is 0 Å². The van der Waals surface area contributed by atoms with Gasteiger partial charge in [-0.3, -0.25) is 4.98 Å². The van der Waals surface area contributed by atoms with Crippen molar-refractivity contribution in [3.63, 3.8) is 0 Å². The largest absolute Gasteiger partial charge is 0.313 e. The monoisotopic (exact) mass is 416 g/mol. The van der Waals surface area contributed by atoms with E-state index >= 15 is 0 Å². The zero-order chi connectivity index (χ0) is 20.5. The van der Waals surface area contributed by atoms with Crippen molar-refractivity contribution in [3.8, 4) is 11.1 Å². The van der Waals surface area contributed by atoms with Gasteiger partial charge in [0.1, 0.15) is 16.8 Å². The molecule has 0 aliphatic rings. The van der Waals surface area contributed by atoms with Crippen LogP contribution in [-0.2, 0) is 11.0 Å². The van der Waals surface area contributed by atoms with Gasteiger partial charge in [0.25, 0.3) is 0 Å². The molecule has 0 bridgehead atoms. The van der Waals surface area contributed by atoms with Crippen molar-refractivity contribution >= 4 is 40.4 Å². The molecule has 0 aliphatic carbocycles. The molecule has 28 heavy (non-hydrogen) atoms. The predicted octanol–water partition coefficient (Wildman–Crippen LogP) is 4.11. The normalized spacial score (nSPS) is 11.2. The lowest BCUT2D eigenvalue weighted by atomic mass is 10.1. The van der Waals surface area contributed by atoms with Crippen LogP contribution in [0.1, 0.15) is 13.8 Å². The van der Waals surface area contributed by atoms with Crippen LogP contribution in [-0.4, -0.2) is 43.7 Å². The van der Waals surface area contributed by atoms with Crippen LogP contribution in [0.2, 0.25) is 0 Å². The number of pyridine rings is 2. The van der Waals surface area contributed by atoms with Crippen molar-refractivity contribution in [3.05, 3.63) is 55.2 Å². The molecule has 9 heteroatoms. The lowest BCUT2D eigenvalue weighted by Gasteiger charge is -2.18. The highest BCUT2D eigenvalue weighted by Gasteiger charge is 2.13. The smallest absolute Gasteiger partial charge is 0.152 e. The highest BCUT2D eigenvalue weighted by molar-refractivity contribution is 8.11. The quantitative estimate of drug-likeness (QED) is 0.560. The van der Waals surface area contributed by atoms with Crippen molar-refractivity contribution in [2.75, 3.05) is 28.2 Å². The van der Waals surface area contributed by atoms with Crippen molar-refractivity contribution in [2.45, 2.75) is 13.8 Å². The second kappa shape index (κ2) is 10.7. The van der Waals surface area contributed by atoms with Crippen LogP contribution in [0, 0.1) is 0 Å². The Morgan fingerprint density at radius 3 is 2.00 bits per heavy atom. The van der Waals surface area contributed by atoms with Crippen LogP contribution < -0.4 is 8.61 Å². The summed E-state index contributed by atoms with van der Waals surface area (Å²) >= 11 is 1.38. The van der Waals surface area contributed by atoms with E-state index in [1.807, 2.05) is 56.3 Å².